The lowest BCUT2D eigenvalue weighted by molar-refractivity contribution is -0.147. The van der Waals surface area contributed by atoms with Crippen LogP contribution in [0.4, 0.5) is 5.69 Å². The van der Waals surface area contributed by atoms with Gasteiger partial charge in [0.15, 0.2) is 17.8 Å². The first-order valence-corrected chi connectivity index (χ1v) is 11.3. The maximum Gasteiger partial charge on any atom is 0.344 e. The van der Waals surface area contributed by atoms with Gasteiger partial charge in [0, 0.05) is 32.2 Å². The van der Waals surface area contributed by atoms with Crippen LogP contribution in [0.1, 0.15) is 38.4 Å². The van der Waals surface area contributed by atoms with E-state index in [1.165, 1.54) is 9.13 Å². The highest BCUT2D eigenvalue weighted by Crippen LogP contribution is 2.24. The second-order valence-corrected chi connectivity index (χ2v) is 8.12. The van der Waals surface area contributed by atoms with Gasteiger partial charge in [-0.25, -0.2) is 14.6 Å². The van der Waals surface area contributed by atoms with Gasteiger partial charge in [-0.15, -0.1) is 0 Å². The van der Waals surface area contributed by atoms with Crippen molar-refractivity contribution >= 4 is 28.7 Å². The van der Waals surface area contributed by atoms with Gasteiger partial charge in [-0.1, -0.05) is 13.3 Å². The highest BCUT2D eigenvalue weighted by Gasteiger charge is 2.21. The minimum atomic E-state index is -0.608. The summed E-state index contributed by atoms with van der Waals surface area (Å²) in [5, 5.41) is 0. The number of carbonyl (C=O) groups excluding carboxylic acids is 2. The number of hydrogen-bond acceptors (Lipinski definition) is 7. The predicted molar refractivity (Wildman–Crippen MR) is 124 cm³/mol. The van der Waals surface area contributed by atoms with E-state index < -0.39 is 17.2 Å². The molecule has 1 N–H and O–H groups in total. The summed E-state index contributed by atoms with van der Waals surface area (Å²) in [7, 11) is 1.63. The standard InChI is InChI=1S/C23H27N5O6/c1-3-4-11-28-21-20(22(31)25-23(28)32)26(2)17(24-21)13-34-19(30)14-33-16-9-7-15(8-10-16)27-12-5-6-18(27)29/h7-10H,3-6,11-14H2,1-2H3,(H,25,31,32). The molecule has 1 amide bonds. The smallest absolute Gasteiger partial charge is 0.344 e. The minimum Gasteiger partial charge on any atom is -0.482 e. The Kier molecular flexibility index (Phi) is 6.80. The Labute approximate surface area is 194 Å². The molecule has 0 unspecified atom stereocenters. The van der Waals surface area contributed by atoms with Gasteiger partial charge < -0.3 is 18.9 Å². The quantitative estimate of drug-likeness (QED) is 0.470. The van der Waals surface area contributed by atoms with Crippen LogP contribution < -0.4 is 20.9 Å². The molecule has 3 aromatic rings. The number of amides is 1. The van der Waals surface area contributed by atoms with Crippen molar-refractivity contribution in [2.75, 3.05) is 18.1 Å². The molecular weight excluding hydrogens is 442 g/mol. The summed E-state index contributed by atoms with van der Waals surface area (Å²) in [5.74, 6) is 0.303. The molecule has 0 bridgehead atoms. The second kappa shape index (κ2) is 9.94. The number of esters is 1. The van der Waals surface area contributed by atoms with Gasteiger partial charge in [-0.05, 0) is 37.1 Å². The maximum atomic E-state index is 12.3. The first-order chi connectivity index (χ1) is 16.4. The van der Waals surface area contributed by atoms with Crippen LogP contribution in [-0.2, 0) is 34.5 Å². The molecule has 180 valence electrons. The van der Waals surface area contributed by atoms with E-state index in [1.807, 2.05) is 6.92 Å². The van der Waals surface area contributed by atoms with Gasteiger partial charge in [-0.3, -0.25) is 19.1 Å². The van der Waals surface area contributed by atoms with Gasteiger partial charge in [0.1, 0.15) is 18.2 Å². The minimum absolute atomic E-state index is 0.101. The van der Waals surface area contributed by atoms with Crippen molar-refractivity contribution in [1.29, 1.82) is 0 Å². The number of nitrogens with zero attached hydrogens (tertiary/aromatic N) is 4. The summed E-state index contributed by atoms with van der Waals surface area (Å²) in [6.45, 7) is 2.65. The molecular formula is C23H27N5O6. The molecule has 3 heterocycles. The summed E-state index contributed by atoms with van der Waals surface area (Å²) in [6, 6.07) is 6.95. The van der Waals surface area contributed by atoms with Crippen LogP contribution in [0.25, 0.3) is 11.2 Å². The Hall–Kier alpha value is -3.89. The van der Waals surface area contributed by atoms with Crippen molar-refractivity contribution in [2.24, 2.45) is 7.05 Å². The summed E-state index contributed by atoms with van der Waals surface area (Å²) in [5.41, 5.74) is 0.258. The average Bonchev–Trinajstić information content (AvgIpc) is 3.39. The Morgan fingerprint density at radius 3 is 2.62 bits per heavy atom. The highest BCUT2D eigenvalue weighted by molar-refractivity contribution is 5.95. The monoisotopic (exact) mass is 469 g/mol. The van der Waals surface area contributed by atoms with E-state index in [4.69, 9.17) is 9.47 Å². The van der Waals surface area contributed by atoms with Crippen LogP contribution in [0.3, 0.4) is 0 Å². The van der Waals surface area contributed by atoms with Crippen molar-refractivity contribution in [3.05, 3.63) is 50.9 Å². The molecule has 34 heavy (non-hydrogen) atoms. The third kappa shape index (κ3) is 4.73. The normalized spacial score (nSPS) is 13.6. The molecule has 11 nitrogen and oxygen atoms in total. The van der Waals surface area contributed by atoms with E-state index in [1.54, 1.807) is 36.2 Å². The maximum absolute atomic E-state index is 12.3. The van der Waals surface area contributed by atoms with Crippen LogP contribution in [0.2, 0.25) is 0 Å². The van der Waals surface area contributed by atoms with Crippen molar-refractivity contribution < 1.29 is 19.1 Å². The number of ether oxygens (including phenoxy) is 2. The lowest BCUT2D eigenvalue weighted by Crippen LogP contribution is -2.31. The molecule has 0 saturated carbocycles. The summed E-state index contributed by atoms with van der Waals surface area (Å²) >= 11 is 0. The Bertz CT molecular complexity index is 1320. The molecule has 1 fully saturated rings. The number of benzene rings is 1. The molecule has 4 rings (SSSR count). The van der Waals surface area contributed by atoms with Crippen LogP contribution in [0.5, 0.6) is 5.75 Å². The molecule has 0 spiro atoms. The van der Waals surface area contributed by atoms with Crippen LogP contribution in [-0.4, -0.2) is 44.1 Å². The Balaban J connectivity index is 1.38. The highest BCUT2D eigenvalue weighted by atomic mass is 16.6. The lowest BCUT2D eigenvalue weighted by Gasteiger charge is -2.16. The van der Waals surface area contributed by atoms with E-state index >= 15 is 0 Å². The van der Waals surface area contributed by atoms with Gasteiger partial charge >= 0.3 is 11.7 Å². The predicted octanol–water partition coefficient (Wildman–Crippen LogP) is 1.47. The molecule has 1 aliphatic rings. The van der Waals surface area contributed by atoms with Crippen LogP contribution >= 0.6 is 0 Å². The van der Waals surface area contributed by atoms with Gasteiger partial charge in [-0.2, -0.15) is 0 Å². The Morgan fingerprint density at radius 1 is 1.18 bits per heavy atom. The third-order valence-electron chi connectivity index (χ3n) is 5.78. The number of unbranched alkanes of at least 4 members (excludes halogenated alkanes) is 1. The van der Waals surface area contributed by atoms with Crippen molar-refractivity contribution in [1.82, 2.24) is 19.1 Å². The number of fused-ring (bicyclic) bond motifs is 1. The van der Waals surface area contributed by atoms with E-state index in [0.29, 0.717) is 31.1 Å². The second-order valence-electron chi connectivity index (χ2n) is 8.12. The summed E-state index contributed by atoms with van der Waals surface area (Å²) in [4.78, 5) is 57.0. The first-order valence-electron chi connectivity index (χ1n) is 11.3. The van der Waals surface area contributed by atoms with Crippen LogP contribution in [0.15, 0.2) is 33.9 Å². The molecule has 0 atom stereocenters. The molecule has 0 radical (unpaired) electrons. The third-order valence-corrected chi connectivity index (χ3v) is 5.78. The van der Waals surface area contributed by atoms with Crippen molar-refractivity contribution in [3.8, 4) is 5.75 Å². The summed E-state index contributed by atoms with van der Waals surface area (Å²) in [6.07, 6.45) is 3.04. The number of nitrogens with one attached hydrogen (secondary N) is 1. The topological polar surface area (TPSA) is 129 Å². The number of imidazole rings is 1. The molecule has 1 aliphatic heterocycles. The Morgan fingerprint density at radius 2 is 1.94 bits per heavy atom. The van der Waals surface area contributed by atoms with Crippen molar-refractivity contribution in [3.63, 3.8) is 0 Å². The van der Waals surface area contributed by atoms with Gasteiger partial charge in [0.2, 0.25) is 5.91 Å². The molecule has 1 saturated heterocycles. The fraction of sp³-hybridized carbons (Fsp3) is 0.435. The van der Waals surface area contributed by atoms with Gasteiger partial charge in [0.05, 0.1) is 0 Å². The zero-order valence-electron chi connectivity index (χ0n) is 19.2. The van der Waals surface area contributed by atoms with Gasteiger partial charge in [0.25, 0.3) is 5.56 Å². The average molecular weight is 469 g/mol. The zero-order valence-corrected chi connectivity index (χ0v) is 19.2. The number of rotatable bonds is 9. The molecule has 0 aliphatic carbocycles. The summed E-state index contributed by atoms with van der Waals surface area (Å²) < 4.78 is 13.7. The first kappa shape index (κ1) is 23.3. The molecule has 11 heteroatoms. The lowest BCUT2D eigenvalue weighted by atomic mass is 10.3. The molecule has 1 aromatic carbocycles. The SMILES string of the molecule is CCCCn1c(=O)[nH]c(=O)c2c1nc(COC(=O)COc1ccc(N3CCCC3=O)cc1)n2C. The largest absolute Gasteiger partial charge is 0.482 e. The molecule has 2 aromatic heterocycles. The fourth-order valence-corrected chi connectivity index (χ4v) is 3.92. The number of hydrogen-bond donors (Lipinski definition) is 1. The van der Waals surface area contributed by atoms with E-state index in [0.717, 1.165) is 24.9 Å². The van der Waals surface area contributed by atoms with E-state index in [2.05, 4.69) is 9.97 Å². The number of H-pyrrole nitrogens is 1. The van der Waals surface area contributed by atoms with E-state index in [-0.39, 0.29) is 30.3 Å². The number of anilines is 1. The number of aromatic amines is 1. The van der Waals surface area contributed by atoms with E-state index in [9.17, 15) is 19.2 Å². The van der Waals surface area contributed by atoms with Crippen molar-refractivity contribution in [2.45, 2.75) is 45.8 Å². The number of aryl methyl sites for hydroxylation is 2. The number of aromatic nitrogens is 4. The fourth-order valence-electron chi connectivity index (χ4n) is 3.92. The van der Waals surface area contributed by atoms with Crippen LogP contribution in [0, 0.1) is 0 Å². The zero-order chi connectivity index (χ0) is 24.2. The number of carbonyl (C=O) groups is 2.